The van der Waals surface area contributed by atoms with Crippen LogP contribution in [-0.2, 0) is 0 Å². The lowest BCUT2D eigenvalue weighted by molar-refractivity contribution is 0.624. The Kier molecular flexibility index (Phi) is 5.62. The second-order valence-electron chi connectivity index (χ2n) is 2.21. The van der Waals surface area contributed by atoms with E-state index in [2.05, 4.69) is 6.92 Å². The molecular formula is C6H16N2S2. The topological polar surface area (TPSA) is 52.0 Å². The molecule has 0 rings (SSSR count). The van der Waals surface area contributed by atoms with Crippen molar-refractivity contribution in [2.24, 2.45) is 11.5 Å². The van der Waals surface area contributed by atoms with Crippen molar-refractivity contribution in [3.05, 3.63) is 0 Å². The van der Waals surface area contributed by atoms with Gasteiger partial charge in [-0.2, -0.15) is 0 Å². The third-order valence-electron chi connectivity index (χ3n) is 1.05. The van der Waals surface area contributed by atoms with E-state index < -0.39 is 4.99 Å². The van der Waals surface area contributed by atoms with Crippen molar-refractivity contribution in [3.63, 3.8) is 0 Å². The minimum Gasteiger partial charge on any atom is -0.304 e. The maximum atomic E-state index is 5.68. The van der Waals surface area contributed by atoms with Crippen LogP contribution in [0.3, 0.4) is 0 Å². The van der Waals surface area contributed by atoms with Gasteiger partial charge in [-0.15, -0.1) is 0 Å². The smallest absolute Gasteiger partial charge is 0.122 e. The maximum absolute atomic E-state index is 5.68. The fourth-order valence-electron chi connectivity index (χ4n) is 0.294. The average Bonchev–Trinajstić information content (AvgIpc) is 1.89. The largest absolute Gasteiger partial charge is 0.304 e. The molecule has 0 fully saturated rings. The summed E-state index contributed by atoms with van der Waals surface area (Å²) in [6.45, 7) is 4.15. The lowest BCUT2D eigenvalue weighted by Gasteiger charge is -2.20. The zero-order valence-corrected chi connectivity index (χ0v) is 8.23. The number of hydrogen-bond acceptors (Lipinski definition) is 4. The lowest BCUT2D eigenvalue weighted by Crippen LogP contribution is -2.44. The summed E-state index contributed by atoms with van der Waals surface area (Å²) >= 11 is 0. The Morgan fingerprint density at radius 2 is 1.90 bits per heavy atom. The minimum atomic E-state index is -0.528. The number of nitrogens with two attached hydrogens (primary N) is 2. The summed E-state index contributed by atoms with van der Waals surface area (Å²) in [5.41, 5.74) is 11.4. The van der Waals surface area contributed by atoms with Crippen molar-refractivity contribution >= 4 is 21.6 Å². The number of rotatable bonds is 5. The van der Waals surface area contributed by atoms with Gasteiger partial charge in [0.25, 0.3) is 0 Å². The molecule has 0 spiro atoms. The van der Waals surface area contributed by atoms with Gasteiger partial charge in [-0.1, -0.05) is 35.4 Å². The molecule has 0 unspecified atom stereocenters. The van der Waals surface area contributed by atoms with Gasteiger partial charge in [-0.3, -0.25) is 0 Å². The van der Waals surface area contributed by atoms with Crippen LogP contribution in [0, 0.1) is 0 Å². The van der Waals surface area contributed by atoms with Crippen LogP contribution in [0.1, 0.15) is 26.7 Å². The van der Waals surface area contributed by atoms with Gasteiger partial charge in [0.05, 0.1) is 0 Å². The van der Waals surface area contributed by atoms with Crippen LogP contribution < -0.4 is 11.5 Å². The van der Waals surface area contributed by atoms with E-state index in [1.807, 2.05) is 6.92 Å². The molecule has 0 aromatic heterocycles. The van der Waals surface area contributed by atoms with Crippen molar-refractivity contribution < 1.29 is 0 Å². The van der Waals surface area contributed by atoms with Gasteiger partial charge in [0, 0.05) is 5.75 Å². The van der Waals surface area contributed by atoms with Gasteiger partial charge in [-0.05, 0) is 12.8 Å². The van der Waals surface area contributed by atoms with Crippen LogP contribution in [0.2, 0.25) is 0 Å². The molecule has 0 bridgehead atoms. The van der Waals surface area contributed by atoms with E-state index in [0.29, 0.717) is 0 Å². The van der Waals surface area contributed by atoms with Crippen LogP contribution >= 0.6 is 21.6 Å². The summed E-state index contributed by atoms with van der Waals surface area (Å²) in [5.74, 6) is 1.13. The Hall–Kier alpha value is 0.620. The van der Waals surface area contributed by atoms with Crippen molar-refractivity contribution in [1.82, 2.24) is 0 Å². The third-order valence-corrected chi connectivity index (χ3v) is 4.13. The zero-order chi connectivity index (χ0) is 8.04. The minimum absolute atomic E-state index is 0.528. The van der Waals surface area contributed by atoms with E-state index in [1.165, 1.54) is 6.42 Å². The zero-order valence-electron chi connectivity index (χ0n) is 6.59. The first-order valence-corrected chi connectivity index (χ1v) is 5.82. The molecule has 0 saturated heterocycles. The highest BCUT2D eigenvalue weighted by Gasteiger charge is 2.16. The van der Waals surface area contributed by atoms with E-state index in [0.717, 1.165) is 12.2 Å². The van der Waals surface area contributed by atoms with E-state index in [4.69, 9.17) is 11.5 Å². The molecule has 0 aliphatic rings. The summed E-state index contributed by atoms with van der Waals surface area (Å²) in [5, 5.41) is 0. The molecule has 0 aromatic rings. The maximum Gasteiger partial charge on any atom is 0.122 e. The summed E-state index contributed by atoms with van der Waals surface area (Å²) in [4.78, 5) is -0.528. The molecule has 0 aliphatic heterocycles. The van der Waals surface area contributed by atoms with Gasteiger partial charge in [-0.25, -0.2) is 0 Å². The van der Waals surface area contributed by atoms with Crippen LogP contribution in [0.4, 0.5) is 0 Å². The fourth-order valence-corrected chi connectivity index (χ4v) is 2.64. The van der Waals surface area contributed by atoms with E-state index >= 15 is 0 Å². The molecule has 0 atom stereocenters. The van der Waals surface area contributed by atoms with Crippen molar-refractivity contribution in [2.75, 3.05) is 5.75 Å². The highest BCUT2D eigenvalue weighted by molar-refractivity contribution is 8.77. The molecule has 4 heteroatoms. The molecule has 0 aliphatic carbocycles. The predicted octanol–water partition coefficient (Wildman–Crippen LogP) is 1.76. The molecule has 0 radical (unpaired) electrons. The van der Waals surface area contributed by atoms with Gasteiger partial charge in [0.15, 0.2) is 0 Å². The van der Waals surface area contributed by atoms with Crippen LogP contribution in [-0.4, -0.2) is 10.7 Å². The standard InChI is InChI=1S/C6H16N2S2/c1-3-5-9-10-6(7,8)4-2/h3-5,7-8H2,1-2H3. The van der Waals surface area contributed by atoms with Gasteiger partial charge in [0.1, 0.15) is 4.99 Å². The second-order valence-corrected chi connectivity index (χ2v) is 4.99. The number of hydrogen-bond donors (Lipinski definition) is 2. The average molecular weight is 180 g/mol. The van der Waals surface area contributed by atoms with Crippen molar-refractivity contribution in [3.8, 4) is 0 Å². The first-order valence-electron chi connectivity index (χ1n) is 3.50. The van der Waals surface area contributed by atoms with Gasteiger partial charge in [0.2, 0.25) is 0 Å². The first kappa shape index (κ1) is 10.6. The summed E-state index contributed by atoms with van der Waals surface area (Å²) < 4.78 is 0. The van der Waals surface area contributed by atoms with E-state index in [1.54, 1.807) is 21.6 Å². The monoisotopic (exact) mass is 180 g/mol. The molecule has 10 heavy (non-hydrogen) atoms. The molecule has 4 N–H and O–H groups in total. The Bertz CT molecular complexity index is 85.8. The predicted molar refractivity (Wildman–Crippen MR) is 51.7 cm³/mol. The molecule has 0 aromatic carbocycles. The van der Waals surface area contributed by atoms with Crippen molar-refractivity contribution in [1.29, 1.82) is 0 Å². The Balaban J connectivity index is 3.28. The molecule has 0 saturated carbocycles. The normalized spacial score (nSPS) is 12.0. The molecule has 0 amide bonds. The summed E-state index contributed by atoms with van der Waals surface area (Å²) in [7, 11) is 3.33. The highest BCUT2D eigenvalue weighted by Crippen LogP contribution is 2.30. The molecule has 0 heterocycles. The van der Waals surface area contributed by atoms with Crippen LogP contribution in [0.5, 0.6) is 0 Å². The van der Waals surface area contributed by atoms with Crippen LogP contribution in [0.15, 0.2) is 0 Å². The van der Waals surface area contributed by atoms with E-state index in [9.17, 15) is 0 Å². The van der Waals surface area contributed by atoms with E-state index in [-0.39, 0.29) is 0 Å². The van der Waals surface area contributed by atoms with Crippen molar-refractivity contribution in [2.45, 2.75) is 31.7 Å². The Morgan fingerprint density at radius 1 is 1.30 bits per heavy atom. The second kappa shape index (κ2) is 5.29. The Morgan fingerprint density at radius 3 is 2.30 bits per heavy atom. The third kappa shape index (κ3) is 5.41. The summed E-state index contributed by atoms with van der Waals surface area (Å²) in [6.07, 6.45) is 1.99. The van der Waals surface area contributed by atoms with Crippen LogP contribution in [0.25, 0.3) is 0 Å². The SMILES string of the molecule is CCCSSC(N)(N)CC. The van der Waals surface area contributed by atoms with Gasteiger partial charge >= 0.3 is 0 Å². The first-order chi connectivity index (χ1) is 4.62. The molecular weight excluding hydrogens is 164 g/mol. The molecule has 62 valence electrons. The lowest BCUT2D eigenvalue weighted by atomic mass is 10.4. The van der Waals surface area contributed by atoms with Gasteiger partial charge < -0.3 is 11.5 Å². The quantitative estimate of drug-likeness (QED) is 0.384. The Labute approximate surface area is 70.9 Å². The fraction of sp³-hybridized carbons (Fsp3) is 1.00. The highest BCUT2D eigenvalue weighted by atomic mass is 33.1. The molecule has 2 nitrogen and oxygen atoms in total. The summed E-state index contributed by atoms with van der Waals surface area (Å²) in [6, 6.07) is 0.